The van der Waals surface area contributed by atoms with E-state index in [0.29, 0.717) is 11.4 Å². The molecule has 2 aromatic rings. The maximum atomic E-state index is 11.7. The number of hydrogen-bond acceptors (Lipinski definition) is 5. The van der Waals surface area contributed by atoms with E-state index in [0.717, 1.165) is 11.3 Å². The maximum absolute atomic E-state index is 11.7. The molecule has 25 heavy (non-hydrogen) atoms. The van der Waals surface area contributed by atoms with E-state index in [1.807, 2.05) is 12.1 Å². The zero-order valence-corrected chi connectivity index (χ0v) is 14.0. The van der Waals surface area contributed by atoms with Gasteiger partial charge in [0.1, 0.15) is 11.5 Å². The molecule has 0 bridgehead atoms. The summed E-state index contributed by atoms with van der Waals surface area (Å²) in [6.07, 6.45) is 1.53. The monoisotopic (exact) mass is 341 g/mol. The van der Waals surface area contributed by atoms with Gasteiger partial charge in [-0.1, -0.05) is 0 Å². The lowest BCUT2D eigenvalue weighted by atomic mass is 10.2. The molecule has 0 atom stereocenters. The molecule has 2 aromatic carbocycles. The number of rotatable bonds is 7. The Hall–Kier alpha value is -3.35. The first-order chi connectivity index (χ1) is 12.1. The lowest BCUT2D eigenvalue weighted by Gasteiger charge is -2.06. The lowest BCUT2D eigenvalue weighted by Crippen LogP contribution is -2.24. The van der Waals surface area contributed by atoms with Crippen LogP contribution in [0.1, 0.15) is 12.5 Å². The summed E-state index contributed by atoms with van der Waals surface area (Å²) in [4.78, 5) is 22.6. The van der Waals surface area contributed by atoms with Crippen LogP contribution in [-0.4, -0.2) is 31.7 Å². The third-order valence-electron chi connectivity index (χ3n) is 3.06. The van der Waals surface area contributed by atoms with Gasteiger partial charge in [-0.2, -0.15) is 5.10 Å². The van der Waals surface area contributed by atoms with Crippen LogP contribution in [0.15, 0.2) is 53.6 Å². The second kappa shape index (κ2) is 9.07. The summed E-state index contributed by atoms with van der Waals surface area (Å²) in [6.45, 7) is 1.26. The first-order valence-corrected chi connectivity index (χ1v) is 7.53. The number of ether oxygens (including phenoxy) is 2. The van der Waals surface area contributed by atoms with Crippen molar-refractivity contribution in [1.82, 2.24) is 5.43 Å². The maximum Gasteiger partial charge on any atom is 0.277 e. The van der Waals surface area contributed by atoms with E-state index in [1.54, 1.807) is 43.5 Å². The van der Waals surface area contributed by atoms with Gasteiger partial charge >= 0.3 is 0 Å². The van der Waals surface area contributed by atoms with Crippen molar-refractivity contribution >= 4 is 23.7 Å². The highest BCUT2D eigenvalue weighted by Crippen LogP contribution is 2.15. The molecule has 0 saturated carbocycles. The minimum atomic E-state index is -0.379. The van der Waals surface area contributed by atoms with Crippen molar-refractivity contribution < 1.29 is 19.1 Å². The fourth-order valence-electron chi connectivity index (χ4n) is 1.89. The molecule has 0 aliphatic carbocycles. The number of nitrogens with one attached hydrogen (secondary N) is 2. The lowest BCUT2D eigenvalue weighted by molar-refractivity contribution is -0.123. The fraction of sp³-hybridized carbons (Fsp3) is 0.167. The number of amides is 2. The van der Waals surface area contributed by atoms with Crippen LogP contribution in [0.2, 0.25) is 0 Å². The number of nitrogens with zero attached hydrogens (tertiary/aromatic N) is 1. The third-order valence-corrected chi connectivity index (χ3v) is 3.06. The Balaban J connectivity index is 1.76. The average molecular weight is 341 g/mol. The molecule has 0 spiro atoms. The average Bonchev–Trinajstić information content (AvgIpc) is 2.61. The smallest absolute Gasteiger partial charge is 0.277 e. The largest absolute Gasteiger partial charge is 0.497 e. The standard InChI is InChI=1S/C18H19N3O4/c1-13(22)20-15-5-9-17(10-6-15)25-12-18(23)21-19-11-14-3-7-16(24-2)8-4-14/h3-11H,12H2,1-2H3,(H,20,22)(H,21,23)/b19-11+. The molecule has 0 saturated heterocycles. The number of anilines is 1. The summed E-state index contributed by atoms with van der Waals surface area (Å²) < 4.78 is 10.4. The number of hydrazone groups is 1. The highest BCUT2D eigenvalue weighted by molar-refractivity contribution is 5.88. The third kappa shape index (κ3) is 6.34. The van der Waals surface area contributed by atoms with Gasteiger partial charge in [0.15, 0.2) is 6.61 Å². The van der Waals surface area contributed by atoms with Crippen LogP contribution < -0.4 is 20.2 Å². The van der Waals surface area contributed by atoms with Crippen molar-refractivity contribution in [2.24, 2.45) is 5.10 Å². The highest BCUT2D eigenvalue weighted by Gasteiger charge is 2.02. The zero-order chi connectivity index (χ0) is 18.1. The number of hydrogen-bond donors (Lipinski definition) is 2. The highest BCUT2D eigenvalue weighted by atomic mass is 16.5. The Morgan fingerprint density at radius 2 is 1.68 bits per heavy atom. The molecule has 7 nitrogen and oxygen atoms in total. The van der Waals surface area contributed by atoms with Crippen LogP contribution in [0.25, 0.3) is 0 Å². The van der Waals surface area contributed by atoms with Gasteiger partial charge in [0.25, 0.3) is 5.91 Å². The van der Waals surface area contributed by atoms with Crippen molar-refractivity contribution in [2.45, 2.75) is 6.92 Å². The first-order valence-electron chi connectivity index (χ1n) is 7.53. The Bertz CT molecular complexity index is 740. The minimum Gasteiger partial charge on any atom is -0.497 e. The van der Waals surface area contributed by atoms with Gasteiger partial charge in [0, 0.05) is 12.6 Å². The summed E-state index contributed by atoms with van der Waals surface area (Å²) in [6, 6.07) is 14.0. The molecule has 2 amide bonds. The van der Waals surface area contributed by atoms with E-state index in [9.17, 15) is 9.59 Å². The number of carbonyl (C=O) groups excluding carboxylic acids is 2. The molecule has 0 aliphatic rings. The molecule has 7 heteroatoms. The number of methoxy groups -OCH3 is 1. The molecule has 0 fully saturated rings. The van der Waals surface area contributed by atoms with Crippen LogP contribution >= 0.6 is 0 Å². The molecule has 2 rings (SSSR count). The van der Waals surface area contributed by atoms with Crippen LogP contribution in [0.4, 0.5) is 5.69 Å². The van der Waals surface area contributed by atoms with Gasteiger partial charge in [-0.05, 0) is 54.1 Å². The molecule has 0 aliphatic heterocycles. The molecular weight excluding hydrogens is 322 g/mol. The molecule has 0 aromatic heterocycles. The number of carbonyl (C=O) groups is 2. The minimum absolute atomic E-state index is 0.150. The van der Waals surface area contributed by atoms with Crippen molar-refractivity contribution in [3.8, 4) is 11.5 Å². The Kier molecular flexibility index (Phi) is 6.53. The second-order valence-corrected chi connectivity index (χ2v) is 5.06. The van der Waals surface area contributed by atoms with Gasteiger partial charge in [-0.25, -0.2) is 5.43 Å². The van der Waals surface area contributed by atoms with Gasteiger partial charge in [0.05, 0.1) is 13.3 Å². The SMILES string of the molecule is COc1ccc(/C=N/NC(=O)COc2ccc(NC(C)=O)cc2)cc1. The summed E-state index contributed by atoms with van der Waals surface area (Å²) in [5.41, 5.74) is 3.87. The van der Waals surface area contributed by atoms with Crippen molar-refractivity contribution in [1.29, 1.82) is 0 Å². The van der Waals surface area contributed by atoms with Crippen LogP contribution in [0, 0.1) is 0 Å². The normalized spacial score (nSPS) is 10.3. The van der Waals surface area contributed by atoms with Crippen molar-refractivity contribution in [2.75, 3.05) is 19.0 Å². The first kappa shape index (κ1) is 18.0. The van der Waals surface area contributed by atoms with Crippen LogP contribution in [0.5, 0.6) is 11.5 Å². The van der Waals surface area contributed by atoms with Gasteiger partial charge < -0.3 is 14.8 Å². The van der Waals surface area contributed by atoms with E-state index in [2.05, 4.69) is 15.8 Å². The Morgan fingerprint density at radius 1 is 1.04 bits per heavy atom. The molecule has 0 radical (unpaired) electrons. The second-order valence-electron chi connectivity index (χ2n) is 5.06. The van der Waals surface area contributed by atoms with E-state index in [4.69, 9.17) is 9.47 Å². The zero-order valence-electron chi connectivity index (χ0n) is 14.0. The van der Waals surface area contributed by atoms with E-state index in [1.165, 1.54) is 13.1 Å². The van der Waals surface area contributed by atoms with E-state index in [-0.39, 0.29) is 18.4 Å². The molecule has 0 unspecified atom stereocenters. The summed E-state index contributed by atoms with van der Waals surface area (Å²) in [7, 11) is 1.59. The summed E-state index contributed by atoms with van der Waals surface area (Å²) in [5, 5.41) is 6.51. The molecule has 0 heterocycles. The fourth-order valence-corrected chi connectivity index (χ4v) is 1.89. The summed E-state index contributed by atoms with van der Waals surface area (Å²) >= 11 is 0. The Labute approximate surface area is 145 Å². The Morgan fingerprint density at radius 3 is 2.28 bits per heavy atom. The summed E-state index contributed by atoms with van der Waals surface area (Å²) in [5.74, 6) is 0.737. The predicted molar refractivity (Wildman–Crippen MR) is 95.0 cm³/mol. The van der Waals surface area contributed by atoms with Crippen molar-refractivity contribution in [3.63, 3.8) is 0 Å². The number of benzene rings is 2. The van der Waals surface area contributed by atoms with Gasteiger partial charge in [0.2, 0.25) is 5.91 Å². The van der Waals surface area contributed by atoms with Crippen molar-refractivity contribution in [3.05, 3.63) is 54.1 Å². The van der Waals surface area contributed by atoms with E-state index >= 15 is 0 Å². The molecule has 130 valence electrons. The topological polar surface area (TPSA) is 89.0 Å². The van der Waals surface area contributed by atoms with Crippen LogP contribution in [0.3, 0.4) is 0 Å². The molecular formula is C18H19N3O4. The molecule has 2 N–H and O–H groups in total. The quantitative estimate of drug-likeness (QED) is 0.597. The van der Waals surface area contributed by atoms with E-state index < -0.39 is 0 Å². The van der Waals surface area contributed by atoms with Gasteiger partial charge in [-0.3, -0.25) is 9.59 Å². The predicted octanol–water partition coefficient (Wildman–Crippen LogP) is 2.18. The van der Waals surface area contributed by atoms with Gasteiger partial charge in [-0.15, -0.1) is 0 Å². The van der Waals surface area contributed by atoms with Crippen LogP contribution in [-0.2, 0) is 9.59 Å².